The highest BCUT2D eigenvalue weighted by Crippen LogP contribution is 2.64. The molecule has 9 rings (SSSR count). The predicted octanol–water partition coefficient (Wildman–Crippen LogP) is 5.72. The molecule has 2 saturated heterocycles. The Balaban J connectivity index is 0.0000000930. The van der Waals surface area contributed by atoms with Gasteiger partial charge in [-0.2, -0.15) is 0 Å². The third kappa shape index (κ3) is 2.89. The van der Waals surface area contributed by atoms with E-state index in [0.29, 0.717) is 12.2 Å². The topological polar surface area (TPSA) is 25.1 Å². The maximum atomic E-state index is 5.79. The van der Waals surface area contributed by atoms with E-state index in [-0.39, 0.29) is 0 Å². The van der Waals surface area contributed by atoms with Gasteiger partial charge in [-0.25, -0.2) is 0 Å². The molecule has 30 heavy (non-hydrogen) atoms. The van der Waals surface area contributed by atoms with Gasteiger partial charge in [-0.1, -0.05) is 42.5 Å². The van der Waals surface area contributed by atoms with Gasteiger partial charge in [0.05, 0.1) is 24.4 Å². The zero-order valence-electron chi connectivity index (χ0n) is 18.0. The smallest absolute Gasteiger partial charge is 0.0878 e. The Morgan fingerprint density at radius 1 is 0.667 bits per heavy atom. The molecular weight excluding hydrogens is 368 g/mol. The lowest BCUT2D eigenvalue weighted by Gasteiger charge is -2.30. The number of fused-ring (bicyclic) bond motifs is 12. The quantitative estimate of drug-likeness (QED) is 0.434. The predicted molar refractivity (Wildman–Crippen MR) is 119 cm³/mol. The molecule has 2 heterocycles. The second kappa shape index (κ2) is 6.94. The lowest BCUT2D eigenvalue weighted by atomic mass is 9.74. The summed E-state index contributed by atoms with van der Waals surface area (Å²) < 4.78 is 11.3. The third-order valence-corrected chi connectivity index (χ3v) is 10.1. The first-order chi connectivity index (χ1) is 14.8. The Kier molecular flexibility index (Phi) is 4.27. The number of ether oxygens (including phenoxy) is 2. The molecule has 6 bridgehead atoms. The highest BCUT2D eigenvalue weighted by Gasteiger charge is 2.65. The zero-order valence-corrected chi connectivity index (χ0v) is 18.0. The van der Waals surface area contributed by atoms with Crippen molar-refractivity contribution < 1.29 is 9.47 Å². The standard InChI is InChI=1S/C14H18O.C9H12O.C5H6/c1-2-8-3-7(1)4-10(8)11-5-9-6-12(11)14-13(9)15-14;1-2-5-3-6-4-7(5)9-8(6)10-9;1-2-4-5-3-1/h1-2,7-14H,3-6H2;2,5-9H,1,3-4H2;1-4H,5H2. The number of epoxide rings is 2. The molecule has 0 aromatic heterocycles. The summed E-state index contributed by atoms with van der Waals surface area (Å²) in [5.41, 5.74) is 0. The minimum atomic E-state index is 0.654. The molecule has 0 N–H and O–H groups in total. The summed E-state index contributed by atoms with van der Waals surface area (Å²) in [6.45, 7) is 3.86. The van der Waals surface area contributed by atoms with E-state index in [0.717, 1.165) is 71.9 Å². The van der Waals surface area contributed by atoms with E-state index in [2.05, 4.69) is 49.1 Å². The van der Waals surface area contributed by atoms with E-state index in [1.807, 2.05) is 0 Å². The molecule has 2 heteroatoms. The van der Waals surface area contributed by atoms with Crippen LogP contribution in [-0.2, 0) is 9.47 Å². The summed E-state index contributed by atoms with van der Waals surface area (Å²) in [5.74, 6) is 8.47. The summed E-state index contributed by atoms with van der Waals surface area (Å²) in [7, 11) is 0. The molecule has 5 saturated carbocycles. The Hall–Kier alpha value is -1.12. The zero-order chi connectivity index (χ0) is 19.8. The molecule has 13 atom stereocenters. The minimum Gasteiger partial charge on any atom is -0.369 e. The molecule has 0 aromatic rings. The molecule has 2 aliphatic heterocycles. The van der Waals surface area contributed by atoms with Crippen LogP contribution >= 0.6 is 0 Å². The molecule has 9 aliphatic rings. The fourth-order valence-electron chi connectivity index (χ4n) is 8.77. The second-order valence-corrected chi connectivity index (χ2v) is 11.5. The van der Waals surface area contributed by atoms with Crippen LogP contribution in [0.4, 0.5) is 0 Å². The van der Waals surface area contributed by atoms with Crippen LogP contribution in [-0.4, -0.2) is 24.4 Å². The third-order valence-electron chi connectivity index (χ3n) is 10.1. The van der Waals surface area contributed by atoms with Crippen LogP contribution in [0, 0.1) is 53.3 Å². The van der Waals surface area contributed by atoms with Gasteiger partial charge in [0.15, 0.2) is 0 Å². The Labute approximate surface area is 181 Å². The highest BCUT2D eigenvalue weighted by atomic mass is 16.6. The van der Waals surface area contributed by atoms with E-state index >= 15 is 0 Å². The molecule has 0 amide bonds. The number of rotatable bonds is 2. The van der Waals surface area contributed by atoms with Gasteiger partial charge in [-0.3, -0.25) is 0 Å². The van der Waals surface area contributed by atoms with Gasteiger partial charge >= 0.3 is 0 Å². The monoisotopic (exact) mass is 404 g/mol. The Bertz CT molecular complexity index is 784. The van der Waals surface area contributed by atoms with E-state index in [1.54, 1.807) is 0 Å². The summed E-state index contributed by atoms with van der Waals surface area (Å²) in [6, 6.07) is 0. The summed E-state index contributed by atoms with van der Waals surface area (Å²) in [4.78, 5) is 0. The molecule has 0 aromatic carbocycles. The first kappa shape index (κ1) is 18.5. The first-order valence-electron chi connectivity index (χ1n) is 12.7. The van der Waals surface area contributed by atoms with Gasteiger partial charge in [0, 0.05) is 0 Å². The first-order valence-corrected chi connectivity index (χ1v) is 12.7. The van der Waals surface area contributed by atoms with Crippen molar-refractivity contribution in [2.75, 3.05) is 0 Å². The Morgan fingerprint density at radius 3 is 1.87 bits per heavy atom. The highest BCUT2D eigenvalue weighted by molar-refractivity contribution is 5.17. The number of hydrogen-bond donors (Lipinski definition) is 0. The van der Waals surface area contributed by atoms with Crippen molar-refractivity contribution in [2.24, 2.45) is 53.3 Å². The second-order valence-electron chi connectivity index (χ2n) is 11.5. The molecule has 0 radical (unpaired) electrons. The van der Waals surface area contributed by atoms with E-state index in [9.17, 15) is 0 Å². The van der Waals surface area contributed by atoms with Gasteiger partial charge in [0.25, 0.3) is 0 Å². The SMILES string of the molecule is C1=CC2CC1CC2C1CC2CC1C1OC21.C1=CCC=C1.C=CC1CC2CC1C1OC21. The normalized spacial score (nSPS) is 57.5. The van der Waals surface area contributed by atoms with Crippen LogP contribution in [0.5, 0.6) is 0 Å². The van der Waals surface area contributed by atoms with Gasteiger partial charge < -0.3 is 9.47 Å². The van der Waals surface area contributed by atoms with Crippen LogP contribution < -0.4 is 0 Å². The van der Waals surface area contributed by atoms with Crippen LogP contribution in [0.15, 0.2) is 49.1 Å². The molecule has 7 aliphatic carbocycles. The van der Waals surface area contributed by atoms with Crippen molar-refractivity contribution in [3.8, 4) is 0 Å². The van der Waals surface area contributed by atoms with Crippen molar-refractivity contribution in [2.45, 2.75) is 69.4 Å². The van der Waals surface area contributed by atoms with Gasteiger partial charge in [0.1, 0.15) is 0 Å². The van der Waals surface area contributed by atoms with Gasteiger partial charge in [0.2, 0.25) is 0 Å². The van der Waals surface area contributed by atoms with Crippen LogP contribution in [0.1, 0.15) is 44.9 Å². The fourth-order valence-corrected chi connectivity index (χ4v) is 8.77. The fraction of sp³-hybridized carbons (Fsp3) is 0.714. The van der Waals surface area contributed by atoms with E-state index in [1.165, 1.54) is 38.5 Å². The summed E-state index contributed by atoms with van der Waals surface area (Å²) in [5, 5.41) is 0. The number of allylic oxidation sites excluding steroid dienone is 7. The van der Waals surface area contributed by atoms with Gasteiger partial charge in [-0.15, -0.1) is 6.58 Å². The molecular formula is C28H36O2. The lowest BCUT2D eigenvalue weighted by Crippen LogP contribution is -2.27. The average Bonchev–Trinajstić information content (AvgIpc) is 3.33. The Morgan fingerprint density at radius 2 is 1.37 bits per heavy atom. The molecule has 13 unspecified atom stereocenters. The van der Waals surface area contributed by atoms with E-state index in [4.69, 9.17) is 9.47 Å². The average molecular weight is 405 g/mol. The molecule has 160 valence electrons. The maximum Gasteiger partial charge on any atom is 0.0878 e. The largest absolute Gasteiger partial charge is 0.369 e. The summed E-state index contributed by atoms with van der Waals surface area (Å²) in [6.07, 6.45) is 28.2. The maximum absolute atomic E-state index is 5.79. The number of hydrogen-bond acceptors (Lipinski definition) is 2. The van der Waals surface area contributed by atoms with Gasteiger partial charge in [-0.05, 0) is 98.2 Å². The van der Waals surface area contributed by atoms with Crippen molar-refractivity contribution in [3.63, 3.8) is 0 Å². The molecule has 0 spiro atoms. The van der Waals surface area contributed by atoms with Crippen LogP contribution in [0.2, 0.25) is 0 Å². The van der Waals surface area contributed by atoms with Crippen molar-refractivity contribution in [3.05, 3.63) is 49.1 Å². The van der Waals surface area contributed by atoms with Crippen LogP contribution in [0.25, 0.3) is 0 Å². The molecule has 2 nitrogen and oxygen atoms in total. The lowest BCUT2D eigenvalue weighted by molar-refractivity contribution is 0.191. The van der Waals surface area contributed by atoms with Crippen LogP contribution in [0.3, 0.4) is 0 Å². The van der Waals surface area contributed by atoms with E-state index < -0.39 is 0 Å². The summed E-state index contributed by atoms with van der Waals surface area (Å²) >= 11 is 0. The van der Waals surface area contributed by atoms with Crippen molar-refractivity contribution in [1.29, 1.82) is 0 Å². The minimum absolute atomic E-state index is 0.654. The molecule has 7 fully saturated rings. The van der Waals surface area contributed by atoms with Crippen molar-refractivity contribution >= 4 is 0 Å². The van der Waals surface area contributed by atoms with Crippen molar-refractivity contribution in [1.82, 2.24) is 0 Å².